The molecular formula is C20H17F3N2O5S2. The average molecular weight is 486 g/mol. The third-order valence-electron chi connectivity index (χ3n) is 4.23. The normalized spacial score (nSPS) is 12.2. The van der Waals surface area contributed by atoms with E-state index in [1.54, 1.807) is 30.3 Å². The first-order valence-corrected chi connectivity index (χ1v) is 11.8. The second kappa shape index (κ2) is 8.71. The van der Waals surface area contributed by atoms with Gasteiger partial charge in [-0.15, -0.1) is 13.2 Å². The van der Waals surface area contributed by atoms with Gasteiger partial charge in [-0.05, 0) is 42.5 Å². The zero-order valence-corrected chi connectivity index (χ0v) is 18.1. The Kier molecular flexibility index (Phi) is 6.37. The van der Waals surface area contributed by atoms with E-state index < -0.39 is 37.1 Å². The molecule has 0 amide bonds. The fourth-order valence-electron chi connectivity index (χ4n) is 2.75. The lowest BCUT2D eigenvalue weighted by atomic mass is 10.3. The Labute approximate surface area is 183 Å². The summed E-state index contributed by atoms with van der Waals surface area (Å²) in [6, 6.07) is 17.3. The molecule has 3 aromatic carbocycles. The van der Waals surface area contributed by atoms with E-state index in [-0.39, 0.29) is 10.6 Å². The monoisotopic (exact) mass is 486 g/mol. The molecule has 0 unspecified atom stereocenters. The highest BCUT2D eigenvalue weighted by Gasteiger charge is 2.34. The molecule has 0 aliphatic heterocycles. The molecule has 0 bridgehead atoms. The molecule has 0 heterocycles. The van der Waals surface area contributed by atoms with Crippen LogP contribution in [-0.2, 0) is 20.0 Å². The molecule has 0 fully saturated rings. The summed E-state index contributed by atoms with van der Waals surface area (Å²) in [4.78, 5) is -0.976. The van der Waals surface area contributed by atoms with E-state index in [1.165, 1.54) is 37.4 Å². The summed E-state index contributed by atoms with van der Waals surface area (Å²) in [7, 11) is -7.24. The Morgan fingerprint density at radius 3 is 2.12 bits per heavy atom. The van der Waals surface area contributed by atoms with Gasteiger partial charge in [-0.1, -0.05) is 36.4 Å². The molecule has 0 spiro atoms. The molecule has 0 aromatic heterocycles. The van der Waals surface area contributed by atoms with Crippen LogP contribution in [0.25, 0.3) is 0 Å². The first kappa shape index (κ1) is 23.4. The van der Waals surface area contributed by atoms with Gasteiger partial charge in [0.05, 0.1) is 16.3 Å². The third kappa shape index (κ3) is 5.32. The summed E-state index contributed by atoms with van der Waals surface area (Å²) >= 11 is 0. The molecule has 1 N–H and O–H groups in total. The Balaban J connectivity index is 1.93. The fourth-order valence-corrected chi connectivity index (χ4v) is 5.17. The van der Waals surface area contributed by atoms with Crippen LogP contribution in [0.1, 0.15) is 0 Å². The fraction of sp³-hybridized carbons (Fsp3) is 0.100. The molecule has 0 saturated heterocycles. The maximum atomic E-state index is 12.9. The largest absolute Gasteiger partial charge is 0.573 e. The quantitative estimate of drug-likeness (QED) is 0.540. The minimum absolute atomic E-state index is 0.158. The van der Waals surface area contributed by atoms with Gasteiger partial charge in [-0.2, -0.15) is 0 Å². The van der Waals surface area contributed by atoms with Crippen molar-refractivity contribution in [3.63, 3.8) is 0 Å². The van der Waals surface area contributed by atoms with Crippen LogP contribution in [0.2, 0.25) is 0 Å². The van der Waals surface area contributed by atoms with Crippen LogP contribution in [0.15, 0.2) is 88.7 Å². The van der Waals surface area contributed by atoms with E-state index in [1.807, 2.05) is 0 Å². The maximum Gasteiger partial charge on any atom is 0.573 e. The number of hydrogen-bond acceptors (Lipinski definition) is 5. The predicted octanol–water partition coefficient (Wildman–Crippen LogP) is 4.21. The van der Waals surface area contributed by atoms with Crippen LogP contribution < -0.4 is 13.8 Å². The number of nitrogens with zero attached hydrogens (tertiary/aromatic N) is 1. The van der Waals surface area contributed by atoms with Crippen LogP contribution >= 0.6 is 0 Å². The minimum atomic E-state index is -5.10. The average Bonchev–Trinajstić information content (AvgIpc) is 2.73. The van der Waals surface area contributed by atoms with Crippen LogP contribution in [0.5, 0.6) is 5.75 Å². The number of rotatable bonds is 7. The van der Waals surface area contributed by atoms with Gasteiger partial charge >= 0.3 is 6.36 Å². The molecule has 0 saturated carbocycles. The van der Waals surface area contributed by atoms with Crippen molar-refractivity contribution in [1.29, 1.82) is 0 Å². The standard InChI is InChI=1S/C20H17F3N2O5S2/c1-25(16-9-3-2-4-10-16)32(28,29)17-11-7-8-15(14-17)24-31(26,27)19-13-6-5-12-18(19)30-20(21,22)23/h2-14,24H,1H3. The lowest BCUT2D eigenvalue weighted by Crippen LogP contribution is -2.26. The highest BCUT2D eigenvalue weighted by Crippen LogP contribution is 2.31. The molecular weight excluding hydrogens is 469 g/mol. The Morgan fingerprint density at radius 2 is 1.47 bits per heavy atom. The highest BCUT2D eigenvalue weighted by molar-refractivity contribution is 7.93. The van der Waals surface area contributed by atoms with Crippen molar-refractivity contribution >= 4 is 31.4 Å². The summed E-state index contributed by atoms with van der Waals surface area (Å²) in [5, 5.41) is 0. The van der Waals surface area contributed by atoms with Gasteiger partial charge in [0.15, 0.2) is 0 Å². The number of nitrogens with one attached hydrogen (secondary N) is 1. The first-order valence-electron chi connectivity index (χ1n) is 8.92. The van der Waals surface area contributed by atoms with E-state index >= 15 is 0 Å². The summed E-state index contributed by atoms with van der Waals surface area (Å²) in [5.74, 6) is -0.917. The van der Waals surface area contributed by atoms with E-state index in [0.29, 0.717) is 5.69 Å². The summed E-state index contributed by atoms with van der Waals surface area (Å²) < 4.78 is 96.1. The first-order chi connectivity index (χ1) is 14.9. The number of sulfonamides is 2. The van der Waals surface area contributed by atoms with E-state index in [9.17, 15) is 30.0 Å². The Bertz CT molecular complexity index is 1310. The predicted molar refractivity (Wildman–Crippen MR) is 112 cm³/mol. The van der Waals surface area contributed by atoms with Gasteiger partial charge in [0.2, 0.25) is 0 Å². The number of para-hydroxylation sites is 2. The molecule has 3 rings (SSSR count). The van der Waals surface area contributed by atoms with Crippen LogP contribution in [-0.4, -0.2) is 30.2 Å². The lowest BCUT2D eigenvalue weighted by molar-refractivity contribution is -0.275. The van der Waals surface area contributed by atoms with Crippen molar-refractivity contribution in [2.24, 2.45) is 0 Å². The Morgan fingerprint density at radius 1 is 0.844 bits per heavy atom. The third-order valence-corrected chi connectivity index (χ3v) is 7.43. The topological polar surface area (TPSA) is 92.8 Å². The van der Waals surface area contributed by atoms with Gasteiger partial charge in [-0.25, -0.2) is 16.8 Å². The second-order valence-electron chi connectivity index (χ2n) is 6.44. The summed E-state index contributed by atoms with van der Waals surface area (Å²) in [6.07, 6.45) is -5.10. The molecule has 32 heavy (non-hydrogen) atoms. The number of alkyl halides is 3. The molecule has 0 atom stereocenters. The van der Waals surface area contributed by atoms with Gasteiger partial charge < -0.3 is 4.74 Å². The van der Waals surface area contributed by atoms with E-state index in [2.05, 4.69) is 9.46 Å². The zero-order valence-electron chi connectivity index (χ0n) is 16.4. The molecule has 0 radical (unpaired) electrons. The van der Waals surface area contributed by atoms with Gasteiger partial charge in [0.25, 0.3) is 20.0 Å². The smallest absolute Gasteiger partial charge is 0.404 e. The number of halogens is 3. The zero-order chi connectivity index (χ0) is 23.6. The molecule has 170 valence electrons. The number of benzene rings is 3. The van der Waals surface area contributed by atoms with Crippen molar-refractivity contribution in [2.75, 3.05) is 16.1 Å². The second-order valence-corrected chi connectivity index (χ2v) is 10.1. The van der Waals surface area contributed by atoms with Crippen molar-refractivity contribution < 1.29 is 34.7 Å². The van der Waals surface area contributed by atoms with Crippen molar-refractivity contribution in [3.8, 4) is 5.75 Å². The van der Waals surface area contributed by atoms with Crippen LogP contribution in [0, 0.1) is 0 Å². The van der Waals surface area contributed by atoms with E-state index in [0.717, 1.165) is 22.5 Å². The lowest BCUT2D eigenvalue weighted by Gasteiger charge is -2.20. The number of anilines is 2. The highest BCUT2D eigenvalue weighted by atomic mass is 32.2. The maximum absolute atomic E-state index is 12.9. The molecule has 7 nitrogen and oxygen atoms in total. The van der Waals surface area contributed by atoms with Gasteiger partial charge in [0.1, 0.15) is 10.6 Å². The molecule has 0 aliphatic carbocycles. The Hall–Kier alpha value is -3.25. The van der Waals surface area contributed by atoms with Crippen molar-refractivity contribution in [2.45, 2.75) is 16.2 Å². The van der Waals surface area contributed by atoms with Crippen molar-refractivity contribution in [1.82, 2.24) is 0 Å². The summed E-state index contributed by atoms with van der Waals surface area (Å²) in [6.45, 7) is 0. The van der Waals surface area contributed by atoms with Crippen LogP contribution in [0.4, 0.5) is 24.5 Å². The number of hydrogen-bond donors (Lipinski definition) is 1. The molecule has 12 heteroatoms. The van der Waals surface area contributed by atoms with Gasteiger partial charge in [-0.3, -0.25) is 9.03 Å². The molecule has 3 aromatic rings. The van der Waals surface area contributed by atoms with Crippen LogP contribution in [0.3, 0.4) is 0 Å². The van der Waals surface area contributed by atoms with Crippen molar-refractivity contribution in [3.05, 3.63) is 78.9 Å². The molecule has 0 aliphatic rings. The summed E-state index contributed by atoms with van der Waals surface area (Å²) in [5.41, 5.74) is 0.228. The van der Waals surface area contributed by atoms with Gasteiger partial charge in [0, 0.05) is 7.05 Å². The number of ether oxygens (including phenoxy) is 1. The minimum Gasteiger partial charge on any atom is -0.404 e. The van der Waals surface area contributed by atoms with E-state index in [4.69, 9.17) is 0 Å². The SMILES string of the molecule is CN(c1ccccc1)S(=O)(=O)c1cccc(NS(=O)(=O)c2ccccc2OC(F)(F)F)c1.